The van der Waals surface area contributed by atoms with E-state index < -0.39 is 0 Å². The molecule has 0 aliphatic heterocycles. The Morgan fingerprint density at radius 1 is 0.529 bits per heavy atom. The van der Waals surface area contributed by atoms with Gasteiger partial charge in [-0.3, -0.25) is 0 Å². The average Bonchev–Trinajstić information content (AvgIpc) is 2.88. The van der Waals surface area contributed by atoms with Crippen LogP contribution in [0.5, 0.6) is 0 Å². The van der Waals surface area contributed by atoms with E-state index in [1.165, 1.54) is 61.2 Å². The summed E-state index contributed by atoms with van der Waals surface area (Å²) >= 11 is 0. The second-order valence-electron chi connectivity index (χ2n) is 9.64. The molecule has 0 saturated carbocycles. The van der Waals surface area contributed by atoms with Crippen molar-refractivity contribution in [3.05, 3.63) is 107 Å². The predicted molar refractivity (Wildman–Crippen MR) is 150 cm³/mol. The van der Waals surface area contributed by atoms with E-state index >= 15 is 0 Å². The van der Waals surface area contributed by atoms with Crippen LogP contribution >= 0.6 is 0 Å². The maximum absolute atomic E-state index is 6.95. The fraction of sp³-hybridized carbons (Fsp3) is 0.273. The van der Waals surface area contributed by atoms with Crippen LogP contribution in [0.2, 0.25) is 0 Å². The molecule has 0 saturated heterocycles. The minimum atomic E-state index is -0.288. The zero-order valence-corrected chi connectivity index (χ0v) is 21.5. The van der Waals surface area contributed by atoms with Gasteiger partial charge in [0.2, 0.25) is 0 Å². The summed E-state index contributed by atoms with van der Waals surface area (Å²) in [6.45, 7) is 13.5. The van der Waals surface area contributed by atoms with Gasteiger partial charge in [-0.25, -0.2) is 0 Å². The summed E-state index contributed by atoms with van der Waals surface area (Å²) in [7, 11) is 6.95. The lowest BCUT2D eigenvalue weighted by Crippen LogP contribution is -2.28. The highest BCUT2D eigenvalue weighted by Gasteiger charge is 2.28. The quantitative estimate of drug-likeness (QED) is 0.261. The first-order valence-corrected chi connectivity index (χ1v) is 12.5. The molecule has 0 nitrogen and oxygen atoms in total. The normalized spacial score (nSPS) is 11.6. The summed E-state index contributed by atoms with van der Waals surface area (Å²) in [5, 5.41) is -0.288. The molecule has 0 amide bonds. The lowest BCUT2D eigenvalue weighted by Gasteiger charge is -2.34. The number of hydrogen-bond acceptors (Lipinski definition) is 0. The van der Waals surface area contributed by atoms with E-state index in [1.54, 1.807) is 0 Å². The summed E-state index contributed by atoms with van der Waals surface area (Å²) in [5.41, 5.74) is 14.2. The van der Waals surface area contributed by atoms with Crippen LogP contribution in [0.4, 0.5) is 0 Å². The van der Waals surface area contributed by atoms with Gasteiger partial charge in [0.05, 0.1) is 7.85 Å². The zero-order chi connectivity index (χ0) is 24.5. The van der Waals surface area contributed by atoms with E-state index in [-0.39, 0.29) is 5.31 Å². The molecule has 0 atom stereocenters. The Morgan fingerprint density at radius 2 is 0.912 bits per heavy atom. The Kier molecular flexibility index (Phi) is 6.85. The lowest BCUT2D eigenvalue weighted by atomic mass is 9.58. The summed E-state index contributed by atoms with van der Waals surface area (Å²) < 4.78 is 0. The Bertz CT molecular complexity index is 1210. The molecule has 0 aromatic heterocycles. The Labute approximate surface area is 207 Å². The van der Waals surface area contributed by atoms with E-state index in [2.05, 4.69) is 120 Å². The first-order valence-electron chi connectivity index (χ1n) is 12.5. The summed E-state index contributed by atoms with van der Waals surface area (Å²) in [5.74, 6) is 0. The molecule has 1 heteroatoms. The van der Waals surface area contributed by atoms with Gasteiger partial charge in [0, 0.05) is 0 Å². The van der Waals surface area contributed by atoms with Crippen LogP contribution in [0.1, 0.15) is 54.5 Å². The van der Waals surface area contributed by atoms with Gasteiger partial charge in [-0.1, -0.05) is 87.4 Å². The van der Waals surface area contributed by atoms with E-state index in [1.807, 2.05) is 0 Å². The molecular weight excluding hydrogens is 407 g/mol. The van der Waals surface area contributed by atoms with Gasteiger partial charge < -0.3 is 0 Å². The van der Waals surface area contributed by atoms with Gasteiger partial charge in [0.15, 0.2) is 0 Å². The number of hydrogen-bond donors (Lipinski definition) is 0. The van der Waals surface area contributed by atoms with Gasteiger partial charge in [-0.15, -0.1) is 0 Å². The summed E-state index contributed by atoms with van der Waals surface area (Å²) in [6.07, 6.45) is 1.87. The van der Waals surface area contributed by atoms with Crippen molar-refractivity contribution in [2.45, 2.75) is 59.7 Å². The molecule has 4 aromatic carbocycles. The molecule has 0 spiro atoms. The number of benzene rings is 4. The molecule has 0 heterocycles. The van der Waals surface area contributed by atoms with Crippen molar-refractivity contribution >= 4 is 7.85 Å². The van der Waals surface area contributed by atoms with Crippen LogP contribution in [0.25, 0.3) is 33.4 Å². The Morgan fingerprint density at radius 3 is 1.29 bits per heavy atom. The average molecular weight is 442 g/mol. The largest absolute Gasteiger partial charge is 0.0810 e. The third-order valence-corrected chi connectivity index (χ3v) is 7.82. The molecule has 0 aliphatic carbocycles. The molecule has 0 fully saturated rings. The van der Waals surface area contributed by atoms with Crippen molar-refractivity contribution in [2.75, 3.05) is 0 Å². The smallest absolute Gasteiger partial charge is 0.0653 e. The molecule has 4 aromatic rings. The standard InChI is InChI=1S/C33H35B/c1-7-33(34,8-2)32-24(5)22(3)31(23(4)25(32)6)30-20-28(26-15-11-9-12-16-26)19-29(21-30)27-17-13-10-14-18-27/h9-21H,7-8H2,1-6H3. The Hall–Kier alpha value is -3.06. The molecule has 2 radical (unpaired) electrons. The molecule has 170 valence electrons. The van der Waals surface area contributed by atoms with Crippen molar-refractivity contribution in [1.82, 2.24) is 0 Å². The highest BCUT2D eigenvalue weighted by atomic mass is 14.3. The molecular formula is C33H35B. The van der Waals surface area contributed by atoms with Gasteiger partial charge >= 0.3 is 0 Å². The molecule has 0 unspecified atom stereocenters. The summed E-state index contributed by atoms with van der Waals surface area (Å²) in [6, 6.07) is 28.4. The van der Waals surface area contributed by atoms with Crippen molar-refractivity contribution in [3.63, 3.8) is 0 Å². The second kappa shape index (κ2) is 9.67. The van der Waals surface area contributed by atoms with Crippen molar-refractivity contribution in [2.24, 2.45) is 0 Å². The van der Waals surface area contributed by atoms with Gasteiger partial charge in [-0.2, -0.15) is 0 Å². The van der Waals surface area contributed by atoms with Crippen molar-refractivity contribution in [3.8, 4) is 33.4 Å². The molecule has 34 heavy (non-hydrogen) atoms. The maximum Gasteiger partial charge on any atom is 0.0810 e. The van der Waals surface area contributed by atoms with Crippen LogP contribution in [-0.2, 0) is 5.31 Å². The van der Waals surface area contributed by atoms with Crippen molar-refractivity contribution in [1.29, 1.82) is 0 Å². The first-order chi connectivity index (χ1) is 16.3. The minimum Gasteiger partial charge on any atom is -0.0653 e. The van der Waals surface area contributed by atoms with Crippen LogP contribution < -0.4 is 0 Å². The SMILES string of the molecule is [B]C(CC)(CC)c1c(C)c(C)c(-c2cc(-c3ccccc3)cc(-c3ccccc3)c2)c(C)c1C. The summed E-state index contributed by atoms with van der Waals surface area (Å²) in [4.78, 5) is 0. The zero-order valence-electron chi connectivity index (χ0n) is 21.5. The van der Waals surface area contributed by atoms with Gasteiger partial charge in [0.25, 0.3) is 0 Å². The fourth-order valence-electron chi connectivity index (χ4n) is 5.46. The van der Waals surface area contributed by atoms with E-state index in [4.69, 9.17) is 7.85 Å². The van der Waals surface area contributed by atoms with E-state index in [0.717, 1.165) is 12.8 Å². The lowest BCUT2D eigenvalue weighted by molar-refractivity contribution is 0.557. The minimum absolute atomic E-state index is 0.288. The van der Waals surface area contributed by atoms with E-state index in [9.17, 15) is 0 Å². The van der Waals surface area contributed by atoms with Crippen molar-refractivity contribution < 1.29 is 0 Å². The van der Waals surface area contributed by atoms with Crippen LogP contribution in [0.15, 0.2) is 78.9 Å². The van der Waals surface area contributed by atoms with Gasteiger partial charge in [0.1, 0.15) is 0 Å². The third-order valence-electron chi connectivity index (χ3n) is 7.82. The molecule has 0 N–H and O–H groups in total. The topological polar surface area (TPSA) is 0 Å². The molecule has 0 aliphatic rings. The maximum atomic E-state index is 6.95. The fourth-order valence-corrected chi connectivity index (χ4v) is 5.46. The predicted octanol–water partition coefficient (Wildman–Crippen LogP) is 9.11. The van der Waals surface area contributed by atoms with E-state index in [0.29, 0.717) is 0 Å². The van der Waals surface area contributed by atoms with Crippen LogP contribution in [-0.4, -0.2) is 7.85 Å². The molecule has 0 bridgehead atoms. The highest BCUT2D eigenvalue weighted by molar-refractivity contribution is 6.16. The second-order valence-corrected chi connectivity index (χ2v) is 9.64. The molecule has 4 rings (SSSR count). The third kappa shape index (κ3) is 4.25. The highest BCUT2D eigenvalue weighted by Crippen LogP contribution is 2.42. The first kappa shape index (κ1) is 24.1. The Balaban J connectivity index is 2.01. The van der Waals surface area contributed by atoms with Gasteiger partial charge in [-0.05, 0) is 112 Å². The monoisotopic (exact) mass is 442 g/mol. The number of rotatable bonds is 6. The van der Waals surface area contributed by atoms with Crippen LogP contribution in [0, 0.1) is 27.7 Å². The van der Waals surface area contributed by atoms with Crippen LogP contribution in [0.3, 0.4) is 0 Å².